The normalized spacial score (nSPS) is 31.1. The Morgan fingerprint density at radius 3 is 2.19 bits per heavy atom. The molecular weight excluding hydrogens is 624 g/mol. The number of phenols is 3. The van der Waals surface area contributed by atoms with Crippen LogP contribution >= 0.6 is 0 Å². The van der Waals surface area contributed by atoms with Crippen LogP contribution in [0.3, 0.4) is 0 Å². The zero-order chi connectivity index (χ0) is 34.3. The van der Waals surface area contributed by atoms with Crippen molar-refractivity contribution in [3.05, 3.63) is 57.8 Å². The van der Waals surface area contributed by atoms with E-state index in [0.29, 0.717) is 0 Å². The van der Waals surface area contributed by atoms with Crippen LogP contribution in [0, 0.1) is 0 Å². The molecule has 0 saturated carbocycles. The van der Waals surface area contributed by atoms with Crippen molar-refractivity contribution in [2.45, 2.75) is 88.6 Å². The fourth-order valence-electron chi connectivity index (χ4n) is 5.48. The minimum Gasteiger partial charge on any atom is -0.508 e. The molecule has 0 aliphatic carbocycles. The first-order valence-electron chi connectivity index (χ1n) is 14.8. The molecule has 0 amide bonds. The average Bonchev–Trinajstić information content (AvgIpc) is 3.02. The Morgan fingerprint density at radius 1 is 0.872 bits per heavy atom. The maximum absolute atomic E-state index is 14.2. The molecule has 15 heteroatoms. The van der Waals surface area contributed by atoms with E-state index in [4.69, 9.17) is 23.4 Å². The van der Waals surface area contributed by atoms with Crippen LogP contribution in [0.15, 0.2) is 51.2 Å². The lowest BCUT2D eigenvalue weighted by molar-refractivity contribution is -0.355. The maximum atomic E-state index is 14.2. The number of allylic oxidation sites excluding steroid dienone is 2. The van der Waals surface area contributed by atoms with Gasteiger partial charge in [0, 0.05) is 17.2 Å². The molecule has 3 heterocycles. The third kappa shape index (κ3) is 6.67. The number of phenolic OH excluding ortho intramolecular Hbond substituents is 3. The molecule has 2 fully saturated rings. The summed E-state index contributed by atoms with van der Waals surface area (Å²) in [6.45, 7) is 4.31. The van der Waals surface area contributed by atoms with E-state index in [1.165, 1.54) is 31.2 Å². The summed E-state index contributed by atoms with van der Waals surface area (Å²) in [5.74, 6) is -1.85. The first-order valence-corrected chi connectivity index (χ1v) is 14.8. The first-order chi connectivity index (χ1) is 22.2. The molecule has 5 rings (SSSR count). The molecule has 10 atom stereocenters. The van der Waals surface area contributed by atoms with Gasteiger partial charge in [-0.25, -0.2) is 0 Å². The van der Waals surface area contributed by atoms with E-state index in [9.17, 15) is 50.8 Å². The van der Waals surface area contributed by atoms with Crippen LogP contribution in [0.25, 0.3) is 22.3 Å². The fraction of sp³-hybridized carbons (Fsp3) is 0.469. The van der Waals surface area contributed by atoms with Crippen molar-refractivity contribution < 1.29 is 69.3 Å². The highest BCUT2D eigenvalue weighted by Gasteiger charge is 2.51. The number of rotatable bonds is 8. The lowest BCUT2D eigenvalue weighted by Crippen LogP contribution is -2.64. The molecule has 2 aromatic carbocycles. The van der Waals surface area contributed by atoms with Crippen molar-refractivity contribution in [1.82, 2.24) is 0 Å². The second kappa shape index (κ2) is 13.8. The lowest BCUT2D eigenvalue weighted by atomic mass is 9.97. The first kappa shape index (κ1) is 34.6. The van der Waals surface area contributed by atoms with Gasteiger partial charge in [-0.2, -0.15) is 0 Å². The summed E-state index contributed by atoms with van der Waals surface area (Å²) in [7, 11) is 0. The van der Waals surface area contributed by atoms with Gasteiger partial charge in [0.25, 0.3) is 0 Å². The molecule has 256 valence electrons. The summed E-state index contributed by atoms with van der Waals surface area (Å²) in [5.41, 5.74) is 0.231. The predicted octanol–water partition coefficient (Wildman–Crippen LogP) is 0.116. The number of benzene rings is 2. The van der Waals surface area contributed by atoms with E-state index in [-0.39, 0.29) is 45.8 Å². The Balaban J connectivity index is 1.64. The third-order valence-electron chi connectivity index (χ3n) is 8.19. The van der Waals surface area contributed by atoms with Gasteiger partial charge >= 0.3 is 0 Å². The molecule has 0 unspecified atom stereocenters. The molecule has 47 heavy (non-hydrogen) atoms. The van der Waals surface area contributed by atoms with Gasteiger partial charge in [-0.1, -0.05) is 11.6 Å². The van der Waals surface area contributed by atoms with Gasteiger partial charge in [0.05, 0.1) is 12.7 Å². The molecular formula is C32H38O15. The number of aliphatic hydroxyl groups excluding tert-OH is 6. The van der Waals surface area contributed by atoms with Crippen LogP contribution in [0.1, 0.15) is 26.3 Å². The van der Waals surface area contributed by atoms with Crippen LogP contribution in [-0.2, 0) is 20.6 Å². The zero-order valence-electron chi connectivity index (χ0n) is 25.6. The molecule has 2 aliphatic rings. The summed E-state index contributed by atoms with van der Waals surface area (Å²) in [6, 6.07) is 6.45. The summed E-state index contributed by atoms with van der Waals surface area (Å²) in [5, 5.41) is 93.3. The second-order valence-corrected chi connectivity index (χ2v) is 11.8. The topological polar surface area (TPSA) is 249 Å². The lowest BCUT2D eigenvalue weighted by Gasteiger charge is -2.45. The number of fused-ring (bicyclic) bond motifs is 1. The zero-order valence-corrected chi connectivity index (χ0v) is 25.6. The predicted molar refractivity (Wildman–Crippen MR) is 162 cm³/mol. The molecule has 2 saturated heterocycles. The van der Waals surface area contributed by atoms with Gasteiger partial charge in [0.2, 0.25) is 17.5 Å². The Labute approximate surface area is 267 Å². The largest absolute Gasteiger partial charge is 0.508 e. The van der Waals surface area contributed by atoms with Gasteiger partial charge < -0.3 is 69.3 Å². The molecule has 0 radical (unpaired) electrons. The van der Waals surface area contributed by atoms with E-state index < -0.39 is 84.9 Å². The Kier molecular flexibility index (Phi) is 10.1. The summed E-state index contributed by atoms with van der Waals surface area (Å²) in [6.07, 6.45) is -14.6. The molecule has 0 bridgehead atoms. The monoisotopic (exact) mass is 662 g/mol. The van der Waals surface area contributed by atoms with Crippen LogP contribution in [-0.4, -0.2) is 114 Å². The highest BCUT2D eigenvalue weighted by Crippen LogP contribution is 2.40. The van der Waals surface area contributed by atoms with E-state index in [2.05, 4.69) is 0 Å². The highest BCUT2D eigenvalue weighted by molar-refractivity contribution is 5.91. The van der Waals surface area contributed by atoms with E-state index in [1.54, 1.807) is 6.08 Å². The minimum atomic E-state index is -1.89. The Hall–Kier alpha value is -3.77. The van der Waals surface area contributed by atoms with Crippen molar-refractivity contribution in [3.63, 3.8) is 0 Å². The van der Waals surface area contributed by atoms with Crippen LogP contribution in [0.5, 0.6) is 23.0 Å². The van der Waals surface area contributed by atoms with Crippen LogP contribution in [0.2, 0.25) is 0 Å². The van der Waals surface area contributed by atoms with E-state index >= 15 is 0 Å². The average molecular weight is 663 g/mol. The summed E-state index contributed by atoms with van der Waals surface area (Å²) < 4.78 is 29.2. The Bertz CT molecular complexity index is 1660. The van der Waals surface area contributed by atoms with Gasteiger partial charge in [-0.3, -0.25) is 4.79 Å². The number of ether oxygens (including phenoxy) is 4. The maximum Gasteiger partial charge on any atom is 0.239 e. The summed E-state index contributed by atoms with van der Waals surface area (Å²) >= 11 is 0. The SMILES string of the molecule is CC(C)=CCc1c(O)cc(O)c2c(=O)c(O[C@@H]3O[C@@H](C)[C@H](O)[C@@H](O)[C@H]3O[C@H]3O[C@H](CO)[C@@H](O)[C@H](O)[C@H]3O)c(-c3ccc(O)cc3)oc12. The van der Waals surface area contributed by atoms with Crippen LogP contribution in [0.4, 0.5) is 0 Å². The number of aliphatic hydroxyl groups is 6. The summed E-state index contributed by atoms with van der Waals surface area (Å²) in [4.78, 5) is 14.2. The van der Waals surface area contributed by atoms with Crippen molar-refractivity contribution >= 4 is 11.0 Å². The second-order valence-electron chi connectivity index (χ2n) is 11.8. The quantitative estimate of drug-likeness (QED) is 0.145. The molecule has 15 nitrogen and oxygen atoms in total. The van der Waals surface area contributed by atoms with E-state index in [1.807, 2.05) is 13.8 Å². The van der Waals surface area contributed by atoms with Crippen molar-refractivity contribution in [1.29, 1.82) is 0 Å². The smallest absolute Gasteiger partial charge is 0.239 e. The van der Waals surface area contributed by atoms with Crippen molar-refractivity contribution in [3.8, 4) is 34.3 Å². The van der Waals surface area contributed by atoms with E-state index in [0.717, 1.165) is 11.6 Å². The van der Waals surface area contributed by atoms with Crippen molar-refractivity contribution in [2.75, 3.05) is 6.61 Å². The number of aromatic hydroxyl groups is 3. The fourth-order valence-corrected chi connectivity index (χ4v) is 5.48. The molecule has 1 aromatic heterocycles. The minimum absolute atomic E-state index is 0.103. The van der Waals surface area contributed by atoms with Crippen molar-refractivity contribution in [2.24, 2.45) is 0 Å². The van der Waals surface area contributed by atoms with Gasteiger partial charge in [0.1, 0.15) is 64.8 Å². The number of hydrogen-bond acceptors (Lipinski definition) is 15. The molecule has 2 aliphatic heterocycles. The van der Waals surface area contributed by atoms with Crippen LogP contribution < -0.4 is 10.2 Å². The standard InChI is InChI=1S/C32H38O15/c1-12(2)4-9-16-17(35)10-18(36)20-23(39)29(27(45-28(16)20)14-5-7-15(34)8-6-14)46-32-30(25(41)21(37)13(3)43-32)47-31-26(42)24(40)22(38)19(11-33)44-31/h4-8,10,13,19,21-22,24-26,30-38,40-42H,9,11H2,1-3H3/t13-,19+,21-,22+,24-,25+,26+,30+,31+,32-/m0/s1. The highest BCUT2D eigenvalue weighted by atomic mass is 16.8. The Morgan fingerprint density at radius 2 is 1.55 bits per heavy atom. The van der Waals surface area contributed by atoms with Gasteiger partial charge in [-0.05, 0) is 51.5 Å². The van der Waals surface area contributed by atoms with Gasteiger partial charge in [-0.15, -0.1) is 0 Å². The molecule has 3 aromatic rings. The molecule has 0 spiro atoms. The third-order valence-corrected chi connectivity index (χ3v) is 8.19. The number of hydrogen-bond donors (Lipinski definition) is 9. The molecule has 9 N–H and O–H groups in total. The van der Waals surface area contributed by atoms with Gasteiger partial charge in [0.15, 0.2) is 18.2 Å².